The van der Waals surface area contributed by atoms with E-state index < -0.39 is 0 Å². The number of aromatic nitrogens is 2. The largest absolute Gasteiger partial charge is 0.461 e. The van der Waals surface area contributed by atoms with Crippen molar-refractivity contribution in [3.8, 4) is 0 Å². The molecule has 13 heavy (non-hydrogen) atoms. The molecule has 1 aromatic heterocycles. The van der Waals surface area contributed by atoms with Gasteiger partial charge in [-0.1, -0.05) is 12.2 Å². The summed E-state index contributed by atoms with van der Waals surface area (Å²) in [6.07, 6.45) is 4.71. The van der Waals surface area contributed by atoms with Gasteiger partial charge >= 0.3 is 5.97 Å². The van der Waals surface area contributed by atoms with E-state index in [1.807, 2.05) is 12.2 Å². The Kier molecular flexibility index (Phi) is 1.88. The van der Waals surface area contributed by atoms with Crippen LogP contribution >= 0.6 is 0 Å². The summed E-state index contributed by atoms with van der Waals surface area (Å²) in [6.45, 7) is 2.16. The zero-order chi connectivity index (χ0) is 9.26. The summed E-state index contributed by atoms with van der Waals surface area (Å²) >= 11 is 0. The van der Waals surface area contributed by atoms with Crippen LogP contribution in [0.25, 0.3) is 6.08 Å². The van der Waals surface area contributed by atoms with Crippen LogP contribution in [0.15, 0.2) is 6.08 Å². The SMILES string of the molecule is CCOC(=O)c1n[nH]c2c1C=CC2. The van der Waals surface area contributed by atoms with Crippen molar-refractivity contribution in [1.29, 1.82) is 0 Å². The van der Waals surface area contributed by atoms with Crippen molar-refractivity contribution < 1.29 is 9.53 Å². The molecule has 1 N–H and O–H groups in total. The lowest BCUT2D eigenvalue weighted by Crippen LogP contribution is -2.06. The molecule has 0 saturated carbocycles. The van der Waals surface area contributed by atoms with Gasteiger partial charge in [0.1, 0.15) is 0 Å². The second-order valence-corrected chi connectivity index (χ2v) is 2.79. The Hall–Kier alpha value is -1.58. The molecule has 0 fully saturated rings. The van der Waals surface area contributed by atoms with Gasteiger partial charge in [-0.15, -0.1) is 0 Å². The minimum Gasteiger partial charge on any atom is -0.461 e. The Morgan fingerprint density at radius 1 is 1.77 bits per heavy atom. The van der Waals surface area contributed by atoms with E-state index in [0.29, 0.717) is 12.3 Å². The average Bonchev–Trinajstić information content (AvgIpc) is 2.62. The van der Waals surface area contributed by atoms with E-state index in [1.54, 1.807) is 6.92 Å². The number of esters is 1. The summed E-state index contributed by atoms with van der Waals surface area (Å²) in [6, 6.07) is 0. The number of allylic oxidation sites excluding steroid dienone is 1. The van der Waals surface area contributed by atoms with Gasteiger partial charge < -0.3 is 4.74 Å². The molecule has 1 aliphatic carbocycles. The highest BCUT2D eigenvalue weighted by Gasteiger charge is 2.20. The summed E-state index contributed by atoms with van der Waals surface area (Å²) in [5.41, 5.74) is 2.26. The molecule has 0 spiro atoms. The Labute approximate surface area is 75.6 Å². The van der Waals surface area contributed by atoms with Crippen LogP contribution in [-0.2, 0) is 11.2 Å². The maximum absolute atomic E-state index is 11.3. The molecule has 0 bridgehead atoms. The molecule has 0 saturated heterocycles. The number of nitrogens with zero attached hydrogens (tertiary/aromatic N) is 1. The number of aromatic amines is 1. The first-order valence-electron chi connectivity index (χ1n) is 4.24. The first-order valence-corrected chi connectivity index (χ1v) is 4.24. The number of nitrogens with one attached hydrogen (secondary N) is 1. The topological polar surface area (TPSA) is 55.0 Å². The molecule has 4 heteroatoms. The van der Waals surface area contributed by atoms with Crippen LogP contribution in [0, 0.1) is 0 Å². The minimum atomic E-state index is -0.355. The van der Waals surface area contributed by atoms with Crippen LogP contribution in [0.5, 0.6) is 0 Å². The van der Waals surface area contributed by atoms with Gasteiger partial charge in [-0.2, -0.15) is 5.10 Å². The highest BCUT2D eigenvalue weighted by atomic mass is 16.5. The van der Waals surface area contributed by atoms with E-state index in [2.05, 4.69) is 10.2 Å². The lowest BCUT2D eigenvalue weighted by atomic mass is 10.2. The average molecular weight is 178 g/mol. The zero-order valence-electron chi connectivity index (χ0n) is 7.33. The number of H-pyrrole nitrogens is 1. The van der Waals surface area contributed by atoms with E-state index >= 15 is 0 Å². The highest BCUT2D eigenvalue weighted by molar-refractivity contribution is 5.92. The maximum atomic E-state index is 11.3. The van der Waals surface area contributed by atoms with Crippen molar-refractivity contribution in [2.75, 3.05) is 6.61 Å². The van der Waals surface area contributed by atoms with Crippen molar-refractivity contribution >= 4 is 12.0 Å². The predicted molar refractivity (Wildman–Crippen MR) is 47.3 cm³/mol. The fourth-order valence-electron chi connectivity index (χ4n) is 1.37. The Balaban J connectivity index is 2.31. The maximum Gasteiger partial charge on any atom is 0.359 e. The van der Waals surface area contributed by atoms with Gasteiger partial charge in [0.05, 0.1) is 6.61 Å². The third-order valence-corrected chi connectivity index (χ3v) is 1.96. The summed E-state index contributed by atoms with van der Waals surface area (Å²) in [5, 5.41) is 6.72. The van der Waals surface area contributed by atoms with E-state index in [1.165, 1.54) is 0 Å². The van der Waals surface area contributed by atoms with Crippen molar-refractivity contribution in [2.45, 2.75) is 13.3 Å². The molecule has 0 atom stereocenters. The molecule has 1 heterocycles. The highest BCUT2D eigenvalue weighted by Crippen LogP contribution is 2.20. The van der Waals surface area contributed by atoms with Crippen molar-refractivity contribution in [2.24, 2.45) is 0 Å². The van der Waals surface area contributed by atoms with Crippen molar-refractivity contribution in [3.63, 3.8) is 0 Å². The lowest BCUT2D eigenvalue weighted by molar-refractivity contribution is 0.0519. The number of hydrogen-bond acceptors (Lipinski definition) is 3. The smallest absolute Gasteiger partial charge is 0.359 e. The van der Waals surface area contributed by atoms with E-state index in [0.717, 1.165) is 17.7 Å². The molecule has 1 aliphatic rings. The molecule has 1 aromatic rings. The number of hydrogen-bond donors (Lipinski definition) is 1. The number of rotatable bonds is 2. The molecule has 2 rings (SSSR count). The van der Waals surface area contributed by atoms with Crippen LogP contribution in [0.3, 0.4) is 0 Å². The third-order valence-electron chi connectivity index (χ3n) is 1.96. The van der Waals surface area contributed by atoms with Gasteiger partial charge in [0.2, 0.25) is 0 Å². The molecule has 4 nitrogen and oxygen atoms in total. The number of carbonyl (C=O) groups is 1. The number of fused-ring (bicyclic) bond motifs is 1. The number of ether oxygens (including phenoxy) is 1. The zero-order valence-corrected chi connectivity index (χ0v) is 7.33. The Morgan fingerprint density at radius 2 is 2.62 bits per heavy atom. The van der Waals surface area contributed by atoms with Gasteiger partial charge in [0.25, 0.3) is 0 Å². The molecular formula is C9H10N2O2. The molecule has 0 amide bonds. The molecule has 0 aromatic carbocycles. The summed E-state index contributed by atoms with van der Waals surface area (Å²) in [4.78, 5) is 11.3. The monoisotopic (exact) mass is 178 g/mol. The standard InChI is InChI=1S/C9H10N2O2/c1-2-13-9(12)8-6-4-3-5-7(6)10-11-8/h3-4H,2,5H2,1H3,(H,10,11). The molecule has 68 valence electrons. The van der Waals surface area contributed by atoms with E-state index in [4.69, 9.17) is 4.74 Å². The Morgan fingerprint density at radius 3 is 3.38 bits per heavy atom. The summed E-state index contributed by atoms with van der Waals surface area (Å²) in [7, 11) is 0. The Bertz CT molecular complexity index is 366. The van der Waals surface area contributed by atoms with Crippen LogP contribution < -0.4 is 0 Å². The van der Waals surface area contributed by atoms with Crippen molar-refractivity contribution in [3.05, 3.63) is 23.0 Å². The van der Waals surface area contributed by atoms with E-state index in [-0.39, 0.29) is 5.97 Å². The van der Waals surface area contributed by atoms with Crippen LogP contribution in [-0.4, -0.2) is 22.8 Å². The summed E-state index contributed by atoms with van der Waals surface area (Å²) in [5.74, 6) is -0.355. The van der Waals surface area contributed by atoms with Crippen LogP contribution in [0.1, 0.15) is 28.7 Å². The quantitative estimate of drug-likeness (QED) is 0.691. The molecular weight excluding hydrogens is 168 g/mol. The minimum absolute atomic E-state index is 0.355. The first kappa shape index (κ1) is 8.04. The second kappa shape index (κ2) is 3.05. The first-order chi connectivity index (χ1) is 6.33. The third kappa shape index (κ3) is 1.24. The summed E-state index contributed by atoms with van der Waals surface area (Å²) < 4.78 is 4.86. The van der Waals surface area contributed by atoms with Gasteiger partial charge in [0.15, 0.2) is 5.69 Å². The second-order valence-electron chi connectivity index (χ2n) is 2.79. The molecule has 0 aliphatic heterocycles. The predicted octanol–water partition coefficient (Wildman–Crippen LogP) is 1.16. The van der Waals surface area contributed by atoms with Gasteiger partial charge in [0, 0.05) is 17.7 Å². The number of carbonyl (C=O) groups excluding carboxylic acids is 1. The van der Waals surface area contributed by atoms with Gasteiger partial charge in [-0.25, -0.2) is 4.79 Å². The fourth-order valence-corrected chi connectivity index (χ4v) is 1.37. The molecule has 0 radical (unpaired) electrons. The normalized spacial score (nSPS) is 13.0. The fraction of sp³-hybridized carbons (Fsp3) is 0.333. The van der Waals surface area contributed by atoms with Crippen LogP contribution in [0.2, 0.25) is 0 Å². The van der Waals surface area contributed by atoms with E-state index in [9.17, 15) is 4.79 Å². The van der Waals surface area contributed by atoms with Gasteiger partial charge in [-0.05, 0) is 6.92 Å². The molecule has 0 unspecified atom stereocenters. The lowest BCUT2D eigenvalue weighted by Gasteiger charge is -1.97. The van der Waals surface area contributed by atoms with Crippen LogP contribution in [0.4, 0.5) is 0 Å². The van der Waals surface area contributed by atoms with Crippen molar-refractivity contribution in [1.82, 2.24) is 10.2 Å². The van der Waals surface area contributed by atoms with Gasteiger partial charge in [-0.3, -0.25) is 5.10 Å².